The van der Waals surface area contributed by atoms with Gasteiger partial charge in [0, 0.05) is 37.0 Å². The number of ether oxygens (including phenoxy) is 2. The largest absolute Gasteiger partial charge is 0.356 e. The lowest BCUT2D eigenvalue weighted by Gasteiger charge is -2.16. The van der Waals surface area contributed by atoms with Crippen LogP contribution >= 0.6 is 15.9 Å². The number of nitrogens with zero attached hydrogens (tertiary/aromatic N) is 1. The Kier molecular flexibility index (Phi) is 7.21. The predicted molar refractivity (Wildman–Crippen MR) is 85.3 cm³/mol. The van der Waals surface area contributed by atoms with E-state index < -0.39 is 8.07 Å². The topological polar surface area (TPSA) is 31.4 Å². The van der Waals surface area contributed by atoms with Crippen molar-refractivity contribution in [2.24, 2.45) is 0 Å². The summed E-state index contributed by atoms with van der Waals surface area (Å²) in [5.74, 6) is 0.286. The lowest BCUT2D eigenvalue weighted by atomic mass is 10.1. The van der Waals surface area contributed by atoms with Crippen molar-refractivity contribution in [3.05, 3.63) is 28.5 Å². The van der Waals surface area contributed by atoms with E-state index in [-0.39, 0.29) is 5.92 Å². The second-order valence-corrected chi connectivity index (χ2v) is 12.5. The summed E-state index contributed by atoms with van der Waals surface area (Å²) in [5.41, 5.74) is 1.05. The average molecular weight is 346 g/mol. The molecule has 1 atom stereocenters. The van der Waals surface area contributed by atoms with E-state index in [9.17, 15) is 0 Å². The molecule has 0 aliphatic rings. The first-order chi connectivity index (χ1) is 8.88. The molecule has 0 bridgehead atoms. The van der Waals surface area contributed by atoms with Gasteiger partial charge in [0.15, 0.2) is 0 Å². The Balaban J connectivity index is 2.14. The molecule has 1 unspecified atom stereocenters. The van der Waals surface area contributed by atoms with Crippen LogP contribution in [0.5, 0.6) is 0 Å². The minimum atomic E-state index is -0.992. The molecule has 19 heavy (non-hydrogen) atoms. The van der Waals surface area contributed by atoms with Crippen molar-refractivity contribution in [1.29, 1.82) is 0 Å². The lowest BCUT2D eigenvalue weighted by molar-refractivity contribution is -0.0530. The van der Waals surface area contributed by atoms with Gasteiger partial charge in [-0.3, -0.25) is 4.98 Å². The summed E-state index contributed by atoms with van der Waals surface area (Å²) < 4.78 is 12.0. The third kappa shape index (κ3) is 7.82. The van der Waals surface area contributed by atoms with Crippen molar-refractivity contribution >= 4 is 24.0 Å². The SMILES string of the molecule is CC(COCOCC[Si](C)(C)C)c1ccc(Br)cn1. The Hall–Kier alpha value is -0.233. The zero-order valence-corrected chi connectivity index (χ0v) is 14.9. The first kappa shape index (κ1) is 16.8. The van der Waals surface area contributed by atoms with E-state index in [2.05, 4.69) is 47.5 Å². The molecule has 1 aromatic heterocycles. The fourth-order valence-electron chi connectivity index (χ4n) is 1.49. The maximum absolute atomic E-state index is 5.54. The normalized spacial score (nSPS) is 13.5. The summed E-state index contributed by atoms with van der Waals surface area (Å²) >= 11 is 3.38. The van der Waals surface area contributed by atoms with Crippen LogP contribution in [-0.4, -0.2) is 33.1 Å². The molecule has 0 aliphatic heterocycles. The monoisotopic (exact) mass is 345 g/mol. The zero-order valence-electron chi connectivity index (χ0n) is 12.3. The van der Waals surface area contributed by atoms with Crippen LogP contribution in [0.2, 0.25) is 25.7 Å². The Labute approximate surface area is 125 Å². The van der Waals surface area contributed by atoms with Crippen LogP contribution < -0.4 is 0 Å². The molecule has 1 aromatic rings. The van der Waals surface area contributed by atoms with E-state index in [4.69, 9.17) is 9.47 Å². The molecular weight excluding hydrogens is 322 g/mol. The third-order valence-corrected chi connectivity index (χ3v) is 4.96. The van der Waals surface area contributed by atoms with Gasteiger partial charge in [0.1, 0.15) is 6.79 Å². The van der Waals surface area contributed by atoms with Gasteiger partial charge in [-0.15, -0.1) is 0 Å². The van der Waals surface area contributed by atoms with Gasteiger partial charge in [0.25, 0.3) is 0 Å². The number of hydrogen-bond donors (Lipinski definition) is 0. The molecule has 3 nitrogen and oxygen atoms in total. The highest BCUT2D eigenvalue weighted by molar-refractivity contribution is 9.10. The summed E-state index contributed by atoms with van der Waals surface area (Å²) in [6.07, 6.45) is 1.82. The molecule has 0 spiro atoms. The minimum absolute atomic E-state index is 0.286. The van der Waals surface area contributed by atoms with Crippen molar-refractivity contribution in [3.63, 3.8) is 0 Å². The summed E-state index contributed by atoms with van der Waals surface area (Å²) in [4.78, 5) is 4.36. The maximum atomic E-state index is 5.54. The van der Waals surface area contributed by atoms with Gasteiger partial charge >= 0.3 is 0 Å². The number of aromatic nitrogens is 1. The van der Waals surface area contributed by atoms with Crippen molar-refractivity contribution in [2.75, 3.05) is 20.0 Å². The van der Waals surface area contributed by atoms with Crippen molar-refractivity contribution < 1.29 is 9.47 Å². The molecule has 1 rings (SSSR count). The highest BCUT2D eigenvalue weighted by atomic mass is 79.9. The van der Waals surface area contributed by atoms with Gasteiger partial charge in [-0.2, -0.15) is 0 Å². The van der Waals surface area contributed by atoms with Gasteiger partial charge < -0.3 is 9.47 Å². The predicted octanol–water partition coefficient (Wildman–Crippen LogP) is 4.28. The highest BCUT2D eigenvalue weighted by Crippen LogP contribution is 2.15. The quantitative estimate of drug-likeness (QED) is 0.400. The lowest BCUT2D eigenvalue weighted by Crippen LogP contribution is -2.22. The number of pyridine rings is 1. The van der Waals surface area contributed by atoms with Gasteiger partial charge in [-0.05, 0) is 34.1 Å². The van der Waals surface area contributed by atoms with E-state index in [0.29, 0.717) is 13.4 Å². The molecule has 0 aliphatic carbocycles. The first-order valence-electron chi connectivity index (χ1n) is 6.65. The molecule has 5 heteroatoms. The Morgan fingerprint density at radius 3 is 2.58 bits per heavy atom. The van der Waals surface area contributed by atoms with Crippen molar-refractivity contribution in [3.8, 4) is 0 Å². The summed E-state index contributed by atoms with van der Waals surface area (Å²) in [6, 6.07) is 5.20. The zero-order chi connectivity index (χ0) is 14.3. The molecular formula is C14H24BrNO2Si. The Morgan fingerprint density at radius 2 is 2.00 bits per heavy atom. The third-order valence-electron chi connectivity index (χ3n) is 2.79. The molecule has 0 fully saturated rings. The Morgan fingerprint density at radius 1 is 1.26 bits per heavy atom. The van der Waals surface area contributed by atoms with E-state index >= 15 is 0 Å². The summed E-state index contributed by atoms with van der Waals surface area (Å²) in [6.45, 7) is 11.0. The summed E-state index contributed by atoms with van der Waals surface area (Å²) in [7, 11) is -0.992. The second-order valence-electron chi connectivity index (χ2n) is 6.01. The number of hydrogen-bond acceptors (Lipinski definition) is 3. The molecule has 108 valence electrons. The maximum Gasteiger partial charge on any atom is 0.146 e. The van der Waals surface area contributed by atoms with Crippen LogP contribution in [0, 0.1) is 0 Å². The molecule has 1 heterocycles. The van der Waals surface area contributed by atoms with E-state index in [0.717, 1.165) is 16.8 Å². The fourth-order valence-corrected chi connectivity index (χ4v) is 2.48. The van der Waals surface area contributed by atoms with Crippen LogP contribution in [0.25, 0.3) is 0 Å². The van der Waals surface area contributed by atoms with Crippen LogP contribution in [-0.2, 0) is 9.47 Å². The van der Waals surface area contributed by atoms with E-state index in [1.165, 1.54) is 6.04 Å². The standard InChI is InChI=1S/C14H24BrNO2Si/c1-12(14-6-5-13(15)9-16-14)10-18-11-17-7-8-19(2,3)4/h5-6,9,12H,7-8,10-11H2,1-4H3. The first-order valence-corrected chi connectivity index (χ1v) is 11.2. The van der Waals surface area contributed by atoms with Gasteiger partial charge in [0.2, 0.25) is 0 Å². The molecule has 0 N–H and O–H groups in total. The molecule has 0 radical (unpaired) electrons. The van der Waals surface area contributed by atoms with Gasteiger partial charge in [0.05, 0.1) is 6.61 Å². The van der Waals surface area contributed by atoms with Crippen LogP contribution in [0.3, 0.4) is 0 Å². The highest BCUT2D eigenvalue weighted by Gasteiger charge is 2.12. The smallest absolute Gasteiger partial charge is 0.146 e. The van der Waals surface area contributed by atoms with Crippen molar-refractivity contribution in [1.82, 2.24) is 4.98 Å². The fraction of sp³-hybridized carbons (Fsp3) is 0.643. The molecule has 0 aromatic carbocycles. The van der Waals surface area contributed by atoms with E-state index in [1.54, 1.807) is 0 Å². The van der Waals surface area contributed by atoms with Crippen molar-refractivity contribution in [2.45, 2.75) is 38.5 Å². The Bertz CT molecular complexity index is 365. The second kappa shape index (κ2) is 8.14. The van der Waals surface area contributed by atoms with Crippen LogP contribution in [0.15, 0.2) is 22.8 Å². The number of rotatable bonds is 8. The average Bonchev–Trinajstić information content (AvgIpc) is 2.33. The minimum Gasteiger partial charge on any atom is -0.356 e. The van der Waals surface area contributed by atoms with Gasteiger partial charge in [-0.1, -0.05) is 26.6 Å². The van der Waals surface area contributed by atoms with Gasteiger partial charge in [-0.25, -0.2) is 0 Å². The summed E-state index contributed by atoms with van der Waals surface area (Å²) in [5, 5.41) is 0. The van der Waals surface area contributed by atoms with Crippen LogP contribution in [0.4, 0.5) is 0 Å². The molecule has 0 amide bonds. The molecule has 0 saturated heterocycles. The van der Waals surface area contributed by atoms with Crippen LogP contribution in [0.1, 0.15) is 18.5 Å². The molecule has 0 saturated carbocycles. The number of halogens is 1. The van der Waals surface area contributed by atoms with E-state index in [1.807, 2.05) is 18.3 Å².